The summed E-state index contributed by atoms with van der Waals surface area (Å²) in [6.45, 7) is 3.71. The predicted molar refractivity (Wildman–Crippen MR) is 81.1 cm³/mol. The van der Waals surface area contributed by atoms with Crippen molar-refractivity contribution in [1.82, 2.24) is 10.3 Å². The summed E-state index contributed by atoms with van der Waals surface area (Å²) in [6, 6.07) is 5.80. The zero-order chi connectivity index (χ0) is 16.8. The molecule has 23 heavy (non-hydrogen) atoms. The van der Waals surface area contributed by atoms with E-state index in [9.17, 15) is 18.4 Å². The summed E-state index contributed by atoms with van der Waals surface area (Å²) < 4.78 is 27.1. The van der Waals surface area contributed by atoms with Gasteiger partial charge in [0.2, 0.25) is 0 Å². The van der Waals surface area contributed by atoms with Gasteiger partial charge in [0.25, 0.3) is 11.8 Å². The van der Waals surface area contributed by atoms with Crippen molar-refractivity contribution < 1.29 is 18.4 Å². The number of nitrogens with one attached hydrogen (secondary N) is 2. The number of amides is 2. The summed E-state index contributed by atoms with van der Waals surface area (Å²) in [4.78, 5) is 27.7. The van der Waals surface area contributed by atoms with E-state index in [4.69, 9.17) is 0 Å². The summed E-state index contributed by atoms with van der Waals surface area (Å²) in [6.07, 6.45) is 2.75. The minimum atomic E-state index is -0.892. The lowest BCUT2D eigenvalue weighted by Gasteiger charge is -2.08. The SMILES string of the molecule is C=CCNC(=O)c1cc(C(=O)Nc2c(F)cccc2F)ccn1. The van der Waals surface area contributed by atoms with E-state index in [0.29, 0.717) is 0 Å². The molecule has 118 valence electrons. The molecule has 2 N–H and O–H groups in total. The number of aromatic nitrogens is 1. The monoisotopic (exact) mass is 317 g/mol. The summed E-state index contributed by atoms with van der Waals surface area (Å²) in [5.74, 6) is -3.03. The largest absolute Gasteiger partial charge is 0.347 e. The van der Waals surface area contributed by atoms with Gasteiger partial charge in [-0.3, -0.25) is 14.6 Å². The molecule has 5 nitrogen and oxygen atoms in total. The van der Waals surface area contributed by atoms with Crippen molar-refractivity contribution in [2.24, 2.45) is 0 Å². The van der Waals surface area contributed by atoms with Gasteiger partial charge in [-0.2, -0.15) is 0 Å². The number of rotatable bonds is 5. The van der Waals surface area contributed by atoms with Crippen LogP contribution in [0.2, 0.25) is 0 Å². The number of carbonyl (C=O) groups is 2. The van der Waals surface area contributed by atoms with Crippen LogP contribution in [0.25, 0.3) is 0 Å². The molecule has 0 bridgehead atoms. The molecule has 0 spiro atoms. The lowest BCUT2D eigenvalue weighted by atomic mass is 10.2. The van der Waals surface area contributed by atoms with E-state index in [0.717, 1.165) is 12.1 Å². The van der Waals surface area contributed by atoms with Gasteiger partial charge < -0.3 is 10.6 Å². The number of halogens is 2. The fourth-order valence-electron chi connectivity index (χ4n) is 1.75. The van der Waals surface area contributed by atoms with Gasteiger partial charge in [-0.1, -0.05) is 12.1 Å². The minimum Gasteiger partial charge on any atom is -0.347 e. The molecule has 0 atom stereocenters. The Balaban J connectivity index is 2.20. The van der Waals surface area contributed by atoms with Crippen LogP contribution in [0.4, 0.5) is 14.5 Å². The Morgan fingerprint density at radius 2 is 1.87 bits per heavy atom. The van der Waals surface area contributed by atoms with Gasteiger partial charge in [-0.15, -0.1) is 6.58 Å². The molecule has 0 aliphatic carbocycles. The van der Waals surface area contributed by atoms with Gasteiger partial charge in [-0.25, -0.2) is 8.78 Å². The second kappa shape index (κ2) is 7.26. The Morgan fingerprint density at radius 3 is 2.52 bits per heavy atom. The van der Waals surface area contributed by atoms with Crippen molar-refractivity contribution in [3.8, 4) is 0 Å². The highest BCUT2D eigenvalue weighted by Gasteiger charge is 2.15. The van der Waals surface area contributed by atoms with Crippen molar-refractivity contribution >= 4 is 17.5 Å². The van der Waals surface area contributed by atoms with Crippen LogP contribution >= 0.6 is 0 Å². The highest BCUT2D eigenvalue weighted by atomic mass is 19.1. The molecule has 0 saturated heterocycles. The number of carbonyl (C=O) groups excluding carboxylic acids is 2. The molecule has 0 unspecified atom stereocenters. The molecule has 0 radical (unpaired) electrons. The number of anilines is 1. The van der Waals surface area contributed by atoms with Crippen LogP contribution < -0.4 is 10.6 Å². The Labute approximate surface area is 131 Å². The summed E-state index contributed by atoms with van der Waals surface area (Å²) in [7, 11) is 0. The van der Waals surface area contributed by atoms with Crippen LogP contribution in [0.5, 0.6) is 0 Å². The van der Waals surface area contributed by atoms with E-state index in [2.05, 4.69) is 22.2 Å². The average Bonchev–Trinajstić information content (AvgIpc) is 2.56. The average molecular weight is 317 g/mol. The van der Waals surface area contributed by atoms with Crippen molar-refractivity contribution in [3.63, 3.8) is 0 Å². The maximum atomic E-state index is 13.5. The van der Waals surface area contributed by atoms with E-state index < -0.39 is 29.1 Å². The first-order valence-corrected chi connectivity index (χ1v) is 6.63. The number of nitrogens with zero attached hydrogens (tertiary/aromatic N) is 1. The molecular weight excluding hydrogens is 304 g/mol. The predicted octanol–water partition coefficient (Wildman–Crippen LogP) is 2.53. The standard InChI is InChI=1S/C16H13F2N3O2/c1-2-7-20-16(23)13-9-10(6-8-19-13)15(22)21-14-11(17)4-3-5-12(14)18/h2-6,8-9H,1,7H2,(H,20,23)(H,21,22). The third kappa shape index (κ3) is 3.97. The third-order valence-electron chi connectivity index (χ3n) is 2.86. The maximum absolute atomic E-state index is 13.5. The molecule has 0 fully saturated rings. The van der Waals surface area contributed by atoms with Gasteiger partial charge in [0, 0.05) is 18.3 Å². The Hall–Kier alpha value is -3.09. The van der Waals surface area contributed by atoms with Crippen LogP contribution in [0, 0.1) is 11.6 Å². The molecule has 1 aromatic heterocycles. The third-order valence-corrected chi connectivity index (χ3v) is 2.86. The van der Waals surface area contributed by atoms with Crippen molar-refractivity contribution in [2.45, 2.75) is 0 Å². The normalized spacial score (nSPS) is 10.0. The molecule has 1 heterocycles. The summed E-state index contributed by atoms with van der Waals surface area (Å²) in [5.41, 5.74) is -0.494. The van der Waals surface area contributed by atoms with Crippen LogP contribution in [0.1, 0.15) is 20.8 Å². The molecule has 2 rings (SSSR count). The van der Waals surface area contributed by atoms with Crippen LogP contribution in [0.3, 0.4) is 0 Å². The van der Waals surface area contributed by atoms with Crippen LogP contribution in [-0.2, 0) is 0 Å². The van der Waals surface area contributed by atoms with E-state index in [1.54, 1.807) is 0 Å². The first-order valence-electron chi connectivity index (χ1n) is 6.63. The Bertz CT molecular complexity index is 742. The lowest BCUT2D eigenvalue weighted by Crippen LogP contribution is -2.25. The summed E-state index contributed by atoms with van der Waals surface area (Å²) in [5, 5.41) is 4.65. The molecule has 0 aliphatic heterocycles. The second-order valence-electron chi connectivity index (χ2n) is 4.48. The topological polar surface area (TPSA) is 71.1 Å². The lowest BCUT2D eigenvalue weighted by molar-refractivity contribution is 0.0953. The Morgan fingerprint density at radius 1 is 1.17 bits per heavy atom. The molecule has 1 aromatic carbocycles. The zero-order valence-electron chi connectivity index (χ0n) is 12.0. The Kier molecular flexibility index (Phi) is 5.14. The number of benzene rings is 1. The number of hydrogen-bond acceptors (Lipinski definition) is 3. The smallest absolute Gasteiger partial charge is 0.270 e. The van der Waals surface area contributed by atoms with Gasteiger partial charge in [-0.05, 0) is 24.3 Å². The number of hydrogen-bond donors (Lipinski definition) is 2. The molecule has 2 amide bonds. The van der Waals surface area contributed by atoms with E-state index in [-0.39, 0.29) is 17.8 Å². The first kappa shape index (κ1) is 16.3. The van der Waals surface area contributed by atoms with Crippen molar-refractivity contribution in [2.75, 3.05) is 11.9 Å². The van der Waals surface area contributed by atoms with Crippen LogP contribution in [-0.4, -0.2) is 23.3 Å². The fourth-order valence-corrected chi connectivity index (χ4v) is 1.75. The highest BCUT2D eigenvalue weighted by Crippen LogP contribution is 2.19. The molecule has 2 aromatic rings. The zero-order valence-corrected chi connectivity index (χ0v) is 12.0. The van der Waals surface area contributed by atoms with E-state index >= 15 is 0 Å². The van der Waals surface area contributed by atoms with Gasteiger partial charge in [0.1, 0.15) is 23.0 Å². The van der Waals surface area contributed by atoms with Crippen molar-refractivity contribution in [3.05, 3.63) is 72.1 Å². The number of pyridine rings is 1. The van der Waals surface area contributed by atoms with Crippen LogP contribution in [0.15, 0.2) is 49.2 Å². The van der Waals surface area contributed by atoms with Gasteiger partial charge >= 0.3 is 0 Å². The quantitative estimate of drug-likeness (QED) is 0.833. The maximum Gasteiger partial charge on any atom is 0.270 e. The molecule has 0 saturated carbocycles. The second-order valence-corrected chi connectivity index (χ2v) is 4.48. The number of para-hydroxylation sites is 1. The van der Waals surface area contributed by atoms with E-state index in [1.807, 2.05) is 0 Å². The van der Waals surface area contributed by atoms with Gasteiger partial charge in [0.15, 0.2) is 0 Å². The van der Waals surface area contributed by atoms with Gasteiger partial charge in [0.05, 0.1) is 0 Å². The summed E-state index contributed by atoms with van der Waals surface area (Å²) >= 11 is 0. The highest BCUT2D eigenvalue weighted by molar-refractivity contribution is 6.05. The molecule has 0 aliphatic rings. The first-order chi connectivity index (χ1) is 11.0. The molecular formula is C16H13F2N3O2. The minimum absolute atomic E-state index is 0.00788. The molecule has 7 heteroatoms. The van der Waals surface area contributed by atoms with E-state index in [1.165, 1.54) is 30.5 Å². The van der Waals surface area contributed by atoms with Crippen molar-refractivity contribution in [1.29, 1.82) is 0 Å². The fraction of sp³-hybridized carbons (Fsp3) is 0.0625.